The Morgan fingerprint density at radius 1 is 1.28 bits per heavy atom. The van der Waals surface area contributed by atoms with E-state index in [0.717, 1.165) is 12.1 Å². The van der Waals surface area contributed by atoms with E-state index in [4.69, 9.17) is 17.3 Å². The Labute approximate surface area is 111 Å². The van der Waals surface area contributed by atoms with Crippen LogP contribution < -0.4 is 11.1 Å². The van der Waals surface area contributed by atoms with Crippen molar-refractivity contribution in [1.29, 1.82) is 0 Å². The fourth-order valence-corrected chi connectivity index (χ4v) is 1.86. The van der Waals surface area contributed by atoms with Crippen molar-refractivity contribution in [1.82, 2.24) is 0 Å². The maximum absolute atomic E-state index is 13.2. The Hall–Kier alpha value is -1.74. The Morgan fingerprint density at radius 2 is 2.06 bits per heavy atom. The van der Waals surface area contributed by atoms with E-state index in [1.165, 1.54) is 17.7 Å². The minimum Gasteiger partial charge on any atom is -0.397 e. The van der Waals surface area contributed by atoms with Gasteiger partial charge in [0.25, 0.3) is 0 Å². The smallest absolute Gasteiger partial charge is 0.143 e. The SMILES string of the molecule is CCc1cccc(Nc2cc(Cl)c(F)cc2N)c1. The zero-order chi connectivity index (χ0) is 13.1. The summed E-state index contributed by atoms with van der Waals surface area (Å²) in [4.78, 5) is 0. The van der Waals surface area contributed by atoms with E-state index in [1.807, 2.05) is 24.3 Å². The Kier molecular flexibility index (Phi) is 3.72. The van der Waals surface area contributed by atoms with Crippen molar-refractivity contribution in [2.75, 3.05) is 11.1 Å². The van der Waals surface area contributed by atoms with Gasteiger partial charge in [-0.3, -0.25) is 0 Å². The number of rotatable bonds is 3. The monoisotopic (exact) mass is 264 g/mol. The molecule has 2 aromatic carbocycles. The predicted octanol–water partition coefficient (Wildman–Crippen LogP) is 4.37. The predicted molar refractivity (Wildman–Crippen MR) is 74.9 cm³/mol. The van der Waals surface area contributed by atoms with E-state index in [9.17, 15) is 4.39 Å². The summed E-state index contributed by atoms with van der Waals surface area (Å²) in [7, 11) is 0. The molecule has 18 heavy (non-hydrogen) atoms. The zero-order valence-corrected chi connectivity index (χ0v) is 10.8. The van der Waals surface area contributed by atoms with Crippen molar-refractivity contribution >= 4 is 28.7 Å². The standard InChI is InChI=1S/C14H14ClFN2/c1-2-9-4-3-5-10(6-9)18-14-7-11(15)12(16)8-13(14)17/h3-8,18H,2,17H2,1H3. The molecule has 0 unspecified atom stereocenters. The summed E-state index contributed by atoms with van der Waals surface area (Å²) >= 11 is 5.74. The molecule has 2 rings (SSSR count). The molecule has 0 bridgehead atoms. The maximum atomic E-state index is 13.2. The fourth-order valence-electron chi connectivity index (χ4n) is 1.69. The van der Waals surface area contributed by atoms with Gasteiger partial charge in [-0.05, 0) is 30.2 Å². The van der Waals surface area contributed by atoms with Crippen molar-refractivity contribution in [2.24, 2.45) is 0 Å². The minimum absolute atomic E-state index is 0.0540. The molecule has 0 aliphatic carbocycles. The quantitative estimate of drug-likeness (QED) is 0.808. The molecule has 2 aromatic rings. The molecule has 0 aliphatic heterocycles. The minimum atomic E-state index is -0.512. The van der Waals surface area contributed by atoms with Crippen LogP contribution in [0.3, 0.4) is 0 Å². The van der Waals surface area contributed by atoms with Gasteiger partial charge in [0.1, 0.15) is 5.82 Å². The third-order valence-electron chi connectivity index (χ3n) is 2.71. The number of benzene rings is 2. The molecule has 0 heterocycles. The van der Waals surface area contributed by atoms with Crippen LogP contribution in [0.1, 0.15) is 12.5 Å². The van der Waals surface area contributed by atoms with Gasteiger partial charge in [-0.2, -0.15) is 0 Å². The van der Waals surface area contributed by atoms with Crippen LogP contribution in [0.15, 0.2) is 36.4 Å². The summed E-state index contributed by atoms with van der Waals surface area (Å²) in [5, 5.41) is 3.19. The number of nitrogens with one attached hydrogen (secondary N) is 1. The fraction of sp³-hybridized carbons (Fsp3) is 0.143. The molecule has 0 radical (unpaired) electrons. The molecule has 0 atom stereocenters. The topological polar surface area (TPSA) is 38.0 Å². The molecule has 0 saturated heterocycles. The maximum Gasteiger partial charge on any atom is 0.143 e. The van der Waals surface area contributed by atoms with Crippen LogP contribution in [-0.2, 0) is 6.42 Å². The van der Waals surface area contributed by atoms with Crippen LogP contribution in [0.2, 0.25) is 5.02 Å². The molecule has 0 fully saturated rings. The summed E-state index contributed by atoms with van der Waals surface area (Å²) in [5.74, 6) is -0.512. The lowest BCUT2D eigenvalue weighted by molar-refractivity contribution is 0.629. The number of halogens is 2. The lowest BCUT2D eigenvalue weighted by atomic mass is 10.1. The highest BCUT2D eigenvalue weighted by Gasteiger charge is 2.06. The van der Waals surface area contributed by atoms with E-state index in [0.29, 0.717) is 11.4 Å². The van der Waals surface area contributed by atoms with Crippen molar-refractivity contribution < 1.29 is 4.39 Å². The van der Waals surface area contributed by atoms with E-state index in [-0.39, 0.29) is 5.02 Å². The van der Waals surface area contributed by atoms with Gasteiger partial charge >= 0.3 is 0 Å². The number of nitrogen functional groups attached to an aromatic ring is 1. The molecule has 0 saturated carbocycles. The van der Waals surface area contributed by atoms with Gasteiger partial charge in [-0.1, -0.05) is 30.7 Å². The lowest BCUT2D eigenvalue weighted by Crippen LogP contribution is -1.98. The molecule has 0 aromatic heterocycles. The normalized spacial score (nSPS) is 10.4. The molecule has 0 spiro atoms. The molecule has 0 amide bonds. The van der Waals surface area contributed by atoms with E-state index in [1.54, 1.807) is 0 Å². The van der Waals surface area contributed by atoms with Gasteiger partial charge < -0.3 is 11.1 Å². The first-order chi connectivity index (χ1) is 8.60. The highest BCUT2D eigenvalue weighted by atomic mass is 35.5. The third kappa shape index (κ3) is 2.74. The summed E-state index contributed by atoms with van der Waals surface area (Å²) < 4.78 is 13.2. The van der Waals surface area contributed by atoms with E-state index >= 15 is 0 Å². The molecule has 0 aliphatic rings. The van der Waals surface area contributed by atoms with Gasteiger partial charge in [-0.25, -0.2) is 4.39 Å². The number of hydrogen-bond acceptors (Lipinski definition) is 2. The first-order valence-electron chi connectivity index (χ1n) is 5.70. The summed E-state index contributed by atoms with van der Waals surface area (Å²) in [6.45, 7) is 2.09. The molecular weight excluding hydrogens is 251 g/mol. The summed E-state index contributed by atoms with van der Waals surface area (Å²) in [5.41, 5.74) is 8.81. The number of nitrogens with two attached hydrogens (primary N) is 1. The van der Waals surface area contributed by atoms with Crippen LogP contribution >= 0.6 is 11.6 Å². The summed E-state index contributed by atoms with van der Waals surface area (Å²) in [6.07, 6.45) is 0.954. The van der Waals surface area contributed by atoms with Crippen LogP contribution in [0.25, 0.3) is 0 Å². The van der Waals surface area contributed by atoms with Gasteiger partial charge in [0.2, 0.25) is 0 Å². The molecule has 3 N–H and O–H groups in total. The number of hydrogen-bond donors (Lipinski definition) is 2. The second-order valence-electron chi connectivity index (χ2n) is 4.03. The Morgan fingerprint density at radius 3 is 2.78 bits per heavy atom. The highest BCUT2D eigenvalue weighted by Crippen LogP contribution is 2.29. The molecule has 2 nitrogen and oxygen atoms in total. The highest BCUT2D eigenvalue weighted by molar-refractivity contribution is 6.31. The second-order valence-corrected chi connectivity index (χ2v) is 4.44. The Balaban J connectivity index is 2.30. The zero-order valence-electron chi connectivity index (χ0n) is 10.0. The van der Waals surface area contributed by atoms with Gasteiger partial charge in [0.05, 0.1) is 16.4 Å². The average molecular weight is 265 g/mol. The Bertz CT molecular complexity index is 570. The largest absolute Gasteiger partial charge is 0.397 e. The van der Waals surface area contributed by atoms with Gasteiger partial charge in [0, 0.05) is 11.8 Å². The number of aryl methyl sites for hydroxylation is 1. The molecular formula is C14H14ClFN2. The van der Waals surface area contributed by atoms with Crippen LogP contribution in [0.5, 0.6) is 0 Å². The average Bonchev–Trinajstić information content (AvgIpc) is 2.36. The van der Waals surface area contributed by atoms with E-state index < -0.39 is 5.82 Å². The van der Waals surface area contributed by atoms with Crippen molar-refractivity contribution in [3.8, 4) is 0 Å². The van der Waals surface area contributed by atoms with E-state index in [2.05, 4.69) is 12.2 Å². The molecule has 4 heteroatoms. The van der Waals surface area contributed by atoms with Crippen molar-refractivity contribution in [3.63, 3.8) is 0 Å². The van der Waals surface area contributed by atoms with Crippen LogP contribution in [-0.4, -0.2) is 0 Å². The van der Waals surface area contributed by atoms with Gasteiger partial charge in [0.15, 0.2) is 0 Å². The first-order valence-corrected chi connectivity index (χ1v) is 6.08. The first kappa shape index (κ1) is 12.7. The van der Waals surface area contributed by atoms with Crippen molar-refractivity contribution in [3.05, 3.63) is 52.8 Å². The van der Waals surface area contributed by atoms with Crippen molar-refractivity contribution in [2.45, 2.75) is 13.3 Å². The third-order valence-corrected chi connectivity index (χ3v) is 3.00. The number of anilines is 3. The van der Waals surface area contributed by atoms with Gasteiger partial charge in [-0.15, -0.1) is 0 Å². The summed E-state index contributed by atoms with van der Waals surface area (Å²) in [6, 6.07) is 10.7. The second kappa shape index (κ2) is 5.27. The van der Waals surface area contributed by atoms with Crippen LogP contribution in [0, 0.1) is 5.82 Å². The van der Waals surface area contributed by atoms with Crippen LogP contribution in [0.4, 0.5) is 21.5 Å². The molecule has 94 valence electrons. The lowest BCUT2D eigenvalue weighted by Gasteiger charge is -2.11.